The molecule has 1 heterocycles. The number of ether oxygens (including phenoxy) is 1. The zero-order chi connectivity index (χ0) is 21.5. The fourth-order valence-electron chi connectivity index (χ4n) is 4.21. The molecule has 1 aliphatic rings. The van der Waals surface area contributed by atoms with E-state index >= 15 is 0 Å². The Hall–Kier alpha value is -2.82. The third-order valence-electron chi connectivity index (χ3n) is 5.96. The molecule has 0 saturated carbocycles. The number of hydrogen-bond acceptors (Lipinski definition) is 4. The van der Waals surface area contributed by atoms with Crippen LogP contribution in [0.3, 0.4) is 0 Å². The van der Waals surface area contributed by atoms with Gasteiger partial charge in [0.05, 0.1) is 0 Å². The number of piperazine rings is 1. The van der Waals surface area contributed by atoms with Crippen molar-refractivity contribution in [1.82, 2.24) is 4.90 Å². The first-order valence-electron chi connectivity index (χ1n) is 11.2. The minimum absolute atomic E-state index is 0.309. The number of aliphatic hydroxyl groups is 1. The van der Waals surface area contributed by atoms with Gasteiger partial charge in [-0.1, -0.05) is 67.6 Å². The number of nitrogens with zero attached hydrogens (tertiary/aromatic N) is 2. The Labute approximate surface area is 185 Å². The number of anilines is 1. The van der Waals surface area contributed by atoms with E-state index in [-0.39, 0.29) is 0 Å². The van der Waals surface area contributed by atoms with E-state index in [0.717, 1.165) is 43.9 Å². The second-order valence-electron chi connectivity index (χ2n) is 8.13. The highest BCUT2D eigenvalue weighted by Gasteiger charge is 2.20. The zero-order valence-electron chi connectivity index (χ0n) is 18.3. The van der Waals surface area contributed by atoms with Crippen LogP contribution in [0.15, 0.2) is 78.9 Å². The second kappa shape index (κ2) is 10.5. The molecule has 3 aromatic rings. The van der Waals surface area contributed by atoms with E-state index in [9.17, 15) is 5.11 Å². The highest BCUT2D eigenvalue weighted by Crippen LogP contribution is 2.23. The topological polar surface area (TPSA) is 35.9 Å². The highest BCUT2D eigenvalue weighted by molar-refractivity contribution is 5.63. The largest absolute Gasteiger partial charge is 0.491 e. The molecule has 1 N–H and O–H groups in total. The Kier molecular flexibility index (Phi) is 7.23. The highest BCUT2D eigenvalue weighted by atomic mass is 16.5. The maximum atomic E-state index is 10.5. The van der Waals surface area contributed by atoms with Crippen molar-refractivity contribution in [3.63, 3.8) is 0 Å². The molecule has 31 heavy (non-hydrogen) atoms. The summed E-state index contributed by atoms with van der Waals surface area (Å²) in [5.41, 5.74) is 5.11. The summed E-state index contributed by atoms with van der Waals surface area (Å²) in [7, 11) is 0. The summed E-state index contributed by atoms with van der Waals surface area (Å²) in [6.45, 7) is 7.06. The molecule has 0 amide bonds. The maximum Gasteiger partial charge on any atom is 0.119 e. The third-order valence-corrected chi connectivity index (χ3v) is 5.96. The lowest BCUT2D eigenvalue weighted by atomic mass is 10.1. The van der Waals surface area contributed by atoms with Gasteiger partial charge in [0.2, 0.25) is 0 Å². The van der Waals surface area contributed by atoms with Gasteiger partial charge in [0.1, 0.15) is 18.5 Å². The molecule has 1 aliphatic heterocycles. The van der Waals surface area contributed by atoms with Gasteiger partial charge >= 0.3 is 0 Å². The van der Waals surface area contributed by atoms with Gasteiger partial charge in [0.25, 0.3) is 0 Å². The number of β-amino-alcohol motifs (C(OH)–C–C–N with tert-alkyl or cyclic N) is 1. The van der Waals surface area contributed by atoms with Crippen molar-refractivity contribution in [2.24, 2.45) is 0 Å². The fraction of sp³-hybridized carbons (Fsp3) is 0.333. The summed E-state index contributed by atoms with van der Waals surface area (Å²) in [4.78, 5) is 4.80. The lowest BCUT2D eigenvalue weighted by molar-refractivity contribution is 0.0663. The average Bonchev–Trinajstić information content (AvgIpc) is 2.84. The molecule has 0 aromatic heterocycles. The van der Waals surface area contributed by atoms with Gasteiger partial charge in [0.15, 0.2) is 0 Å². The molecule has 1 atom stereocenters. The fourth-order valence-corrected chi connectivity index (χ4v) is 4.21. The Morgan fingerprint density at radius 1 is 0.806 bits per heavy atom. The van der Waals surface area contributed by atoms with E-state index in [2.05, 4.69) is 65.3 Å². The van der Waals surface area contributed by atoms with Crippen LogP contribution in [0.25, 0.3) is 11.1 Å². The molecule has 1 saturated heterocycles. The van der Waals surface area contributed by atoms with Crippen LogP contribution in [0.4, 0.5) is 5.69 Å². The van der Waals surface area contributed by atoms with Crippen LogP contribution in [0.5, 0.6) is 5.75 Å². The van der Waals surface area contributed by atoms with Gasteiger partial charge in [-0.05, 0) is 41.3 Å². The first-order valence-corrected chi connectivity index (χ1v) is 11.2. The predicted octanol–water partition coefficient (Wildman–Crippen LogP) is 4.48. The lowest BCUT2D eigenvalue weighted by Gasteiger charge is -2.37. The number of para-hydroxylation sites is 1. The molecule has 162 valence electrons. The van der Waals surface area contributed by atoms with E-state index in [1.165, 1.54) is 16.8 Å². The molecule has 0 aliphatic carbocycles. The monoisotopic (exact) mass is 416 g/mol. The summed E-state index contributed by atoms with van der Waals surface area (Å²) in [5, 5.41) is 10.5. The normalized spacial score (nSPS) is 15.6. The Bertz CT molecular complexity index is 935. The van der Waals surface area contributed by atoms with Gasteiger partial charge in [-0.15, -0.1) is 0 Å². The summed E-state index contributed by atoms with van der Waals surface area (Å²) < 4.78 is 5.83. The van der Waals surface area contributed by atoms with Gasteiger partial charge in [0, 0.05) is 38.4 Å². The number of aliphatic hydroxyl groups excluding tert-OH is 1. The predicted molar refractivity (Wildman–Crippen MR) is 128 cm³/mol. The van der Waals surface area contributed by atoms with Crippen LogP contribution in [0.1, 0.15) is 12.5 Å². The first kappa shape index (κ1) is 21.4. The molecular weight excluding hydrogens is 384 g/mol. The summed E-state index contributed by atoms with van der Waals surface area (Å²) >= 11 is 0. The number of benzene rings is 3. The Morgan fingerprint density at radius 2 is 1.45 bits per heavy atom. The van der Waals surface area contributed by atoms with Gasteiger partial charge in [-0.2, -0.15) is 0 Å². The van der Waals surface area contributed by atoms with Crippen molar-refractivity contribution in [2.45, 2.75) is 19.4 Å². The molecule has 3 aromatic carbocycles. The van der Waals surface area contributed by atoms with Crippen LogP contribution >= 0.6 is 0 Å². The molecule has 0 bridgehead atoms. The number of rotatable bonds is 8. The van der Waals surface area contributed by atoms with Gasteiger partial charge < -0.3 is 14.7 Å². The molecule has 0 unspecified atom stereocenters. The zero-order valence-corrected chi connectivity index (χ0v) is 18.3. The third kappa shape index (κ3) is 5.66. The average molecular weight is 417 g/mol. The Morgan fingerprint density at radius 3 is 2.16 bits per heavy atom. The van der Waals surface area contributed by atoms with Gasteiger partial charge in [-0.25, -0.2) is 0 Å². The number of hydrogen-bond donors (Lipinski definition) is 1. The van der Waals surface area contributed by atoms with Crippen LogP contribution in [0, 0.1) is 0 Å². The van der Waals surface area contributed by atoms with Crippen molar-refractivity contribution in [1.29, 1.82) is 0 Å². The van der Waals surface area contributed by atoms with Crippen LogP contribution < -0.4 is 9.64 Å². The minimum atomic E-state index is -0.497. The van der Waals surface area contributed by atoms with Crippen LogP contribution in [0.2, 0.25) is 0 Å². The minimum Gasteiger partial charge on any atom is -0.491 e. The lowest BCUT2D eigenvalue weighted by Crippen LogP contribution is -2.49. The smallest absolute Gasteiger partial charge is 0.119 e. The van der Waals surface area contributed by atoms with Crippen molar-refractivity contribution in [3.05, 3.63) is 84.4 Å². The molecule has 0 spiro atoms. The van der Waals surface area contributed by atoms with E-state index in [4.69, 9.17) is 4.74 Å². The van der Waals surface area contributed by atoms with E-state index < -0.39 is 6.10 Å². The van der Waals surface area contributed by atoms with E-state index in [1.54, 1.807) is 0 Å². The molecule has 1 fully saturated rings. The van der Waals surface area contributed by atoms with Crippen LogP contribution in [-0.2, 0) is 6.42 Å². The molecule has 4 heteroatoms. The standard InChI is InChI=1S/C27H32N2O2/c1-2-22-8-6-7-11-27(22)29-18-16-28(17-19-29)20-25(30)21-31-26-14-12-24(13-15-26)23-9-4-3-5-10-23/h3-15,25,30H,2,16-21H2,1H3/t25-/m1/s1. The molecule has 4 nitrogen and oxygen atoms in total. The first-order chi connectivity index (χ1) is 15.2. The summed E-state index contributed by atoms with van der Waals surface area (Å²) in [6.07, 6.45) is 0.557. The maximum absolute atomic E-state index is 10.5. The number of aryl methyl sites for hydroxylation is 1. The van der Waals surface area contributed by atoms with Crippen molar-refractivity contribution in [3.8, 4) is 16.9 Å². The summed E-state index contributed by atoms with van der Waals surface area (Å²) in [6, 6.07) is 27.0. The SMILES string of the molecule is CCc1ccccc1N1CCN(C[C@@H](O)COc2ccc(-c3ccccc3)cc2)CC1. The van der Waals surface area contributed by atoms with E-state index in [1.807, 2.05) is 30.3 Å². The van der Waals surface area contributed by atoms with Crippen molar-refractivity contribution in [2.75, 3.05) is 44.2 Å². The van der Waals surface area contributed by atoms with Gasteiger partial charge in [-0.3, -0.25) is 4.90 Å². The second-order valence-corrected chi connectivity index (χ2v) is 8.13. The quantitative estimate of drug-likeness (QED) is 0.587. The van der Waals surface area contributed by atoms with Crippen molar-refractivity contribution >= 4 is 5.69 Å². The molecular formula is C27H32N2O2. The van der Waals surface area contributed by atoms with Crippen LogP contribution in [-0.4, -0.2) is 55.4 Å². The summed E-state index contributed by atoms with van der Waals surface area (Å²) in [5.74, 6) is 0.791. The Balaban J connectivity index is 1.22. The van der Waals surface area contributed by atoms with Crippen molar-refractivity contribution < 1.29 is 9.84 Å². The molecule has 0 radical (unpaired) electrons. The van der Waals surface area contributed by atoms with E-state index in [0.29, 0.717) is 13.2 Å². The molecule has 4 rings (SSSR count).